The second-order valence-corrected chi connectivity index (χ2v) is 5.03. The molecule has 2 nitrogen and oxygen atoms in total. The molecule has 4 heteroatoms. The minimum absolute atomic E-state index is 0.380. The van der Waals surface area contributed by atoms with Crippen LogP contribution in [0.5, 0.6) is 0 Å². The molecule has 0 saturated carbocycles. The largest absolute Gasteiger partial charge is 0.381 e. The third-order valence-electron chi connectivity index (χ3n) is 0.848. The zero-order valence-corrected chi connectivity index (χ0v) is 6.13. The molecule has 2 unspecified atom stereocenters. The first kappa shape index (κ1) is 6.74. The van der Waals surface area contributed by atoms with Gasteiger partial charge in [0.15, 0.2) is 4.27 Å². The van der Waals surface area contributed by atoms with Gasteiger partial charge in [-0.15, -0.1) is 11.8 Å². The molecule has 1 rings (SSSR count). The van der Waals surface area contributed by atoms with E-state index >= 15 is 0 Å². The lowest BCUT2D eigenvalue weighted by Gasteiger charge is -2.11. The molecule has 1 heterocycles. The van der Waals surface area contributed by atoms with Crippen molar-refractivity contribution in [3.63, 3.8) is 0 Å². The van der Waals surface area contributed by atoms with E-state index in [1.165, 1.54) is 23.5 Å². The average Bonchev–Trinajstić information content (AvgIpc) is 1.82. The van der Waals surface area contributed by atoms with Gasteiger partial charge in [0.25, 0.3) is 0 Å². The summed E-state index contributed by atoms with van der Waals surface area (Å²) in [7, 11) is 0. The maximum absolute atomic E-state index is 9.13. The molecule has 1 fully saturated rings. The van der Waals surface area contributed by atoms with Crippen molar-refractivity contribution in [1.82, 2.24) is 0 Å². The lowest BCUT2D eigenvalue weighted by molar-refractivity contribution is 0.247. The third kappa shape index (κ3) is 1.55. The van der Waals surface area contributed by atoms with E-state index in [4.69, 9.17) is 10.2 Å². The topological polar surface area (TPSA) is 40.5 Å². The summed E-state index contributed by atoms with van der Waals surface area (Å²) in [6.07, 6.45) is 0. The normalized spacial score (nSPS) is 47.6. The molecular weight excluding hydrogens is 144 g/mol. The molecule has 0 radical (unpaired) electrons. The number of hydrogen-bond donors (Lipinski definition) is 2. The van der Waals surface area contributed by atoms with Crippen LogP contribution in [0.15, 0.2) is 0 Å². The van der Waals surface area contributed by atoms with Gasteiger partial charge in [-0.25, -0.2) is 0 Å². The standard InChI is InChI=1S/C4H8O2S2/c1-4(6)7-2-3(5)8-4/h3,5-6H,2H2,1H3. The van der Waals surface area contributed by atoms with Crippen LogP contribution >= 0.6 is 23.5 Å². The first-order chi connectivity index (χ1) is 3.60. The average molecular weight is 152 g/mol. The predicted octanol–water partition coefficient (Wildman–Crippen LogP) is 0.451. The van der Waals surface area contributed by atoms with Gasteiger partial charge in [0.1, 0.15) is 5.44 Å². The van der Waals surface area contributed by atoms with Gasteiger partial charge < -0.3 is 10.2 Å². The Hall–Kier alpha value is 0.620. The number of thioether (sulfide) groups is 2. The maximum Gasteiger partial charge on any atom is 0.157 e. The first-order valence-electron chi connectivity index (χ1n) is 2.32. The van der Waals surface area contributed by atoms with Crippen molar-refractivity contribution in [2.24, 2.45) is 0 Å². The van der Waals surface area contributed by atoms with E-state index in [1.807, 2.05) is 0 Å². The van der Waals surface area contributed by atoms with Gasteiger partial charge in [-0.05, 0) is 6.92 Å². The van der Waals surface area contributed by atoms with Crippen LogP contribution < -0.4 is 0 Å². The molecule has 0 aliphatic carbocycles. The molecule has 1 saturated heterocycles. The summed E-state index contributed by atoms with van der Waals surface area (Å²) >= 11 is 2.57. The van der Waals surface area contributed by atoms with E-state index in [0.717, 1.165) is 0 Å². The van der Waals surface area contributed by atoms with Crippen LogP contribution in [-0.4, -0.2) is 25.7 Å². The minimum Gasteiger partial charge on any atom is -0.381 e. The molecule has 2 N–H and O–H groups in total. The van der Waals surface area contributed by atoms with Gasteiger partial charge in [-0.1, -0.05) is 11.8 Å². The molecule has 1 aliphatic heterocycles. The summed E-state index contributed by atoms with van der Waals surface area (Å²) in [6.45, 7) is 1.69. The second-order valence-electron chi connectivity index (χ2n) is 1.78. The van der Waals surface area contributed by atoms with Crippen molar-refractivity contribution >= 4 is 23.5 Å². The van der Waals surface area contributed by atoms with Crippen LogP contribution in [0.4, 0.5) is 0 Å². The van der Waals surface area contributed by atoms with Crippen molar-refractivity contribution in [2.75, 3.05) is 5.75 Å². The minimum atomic E-state index is -0.751. The van der Waals surface area contributed by atoms with Gasteiger partial charge in [0.05, 0.1) is 0 Å². The fourth-order valence-corrected chi connectivity index (χ4v) is 2.79. The van der Waals surface area contributed by atoms with E-state index in [-0.39, 0.29) is 5.44 Å². The van der Waals surface area contributed by atoms with Gasteiger partial charge in [-0.2, -0.15) is 0 Å². The van der Waals surface area contributed by atoms with Crippen molar-refractivity contribution in [2.45, 2.75) is 16.6 Å². The summed E-state index contributed by atoms with van der Waals surface area (Å²) in [5.74, 6) is 0.637. The summed E-state index contributed by atoms with van der Waals surface area (Å²) in [5, 5.41) is 18.0. The molecule has 0 amide bonds. The van der Waals surface area contributed by atoms with Crippen LogP contribution in [0.3, 0.4) is 0 Å². The van der Waals surface area contributed by atoms with Crippen LogP contribution in [0.1, 0.15) is 6.92 Å². The quantitative estimate of drug-likeness (QED) is 0.529. The highest BCUT2D eigenvalue weighted by Gasteiger charge is 2.33. The van der Waals surface area contributed by atoms with Gasteiger partial charge >= 0.3 is 0 Å². The molecule has 0 aromatic heterocycles. The number of hydrogen-bond acceptors (Lipinski definition) is 4. The molecule has 1 aliphatic rings. The van der Waals surface area contributed by atoms with E-state index in [9.17, 15) is 0 Å². The Bertz CT molecular complexity index is 94.0. The van der Waals surface area contributed by atoms with Crippen LogP contribution in [0, 0.1) is 0 Å². The molecule has 0 spiro atoms. The maximum atomic E-state index is 9.13. The van der Waals surface area contributed by atoms with Crippen molar-refractivity contribution in [3.05, 3.63) is 0 Å². The first-order valence-corrected chi connectivity index (χ1v) is 4.19. The fourth-order valence-electron chi connectivity index (χ4n) is 0.546. The number of aliphatic hydroxyl groups excluding tert-OH is 1. The predicted molar refractivity (Wildman–Crippen MR) is 36.7 cm³/mol. The van der Waals surface area contributed by atoms with Crippen LogP contribution in [-0.2, 0) is 0 Å². The molecule has 0 bridgehead atoms. The summed E-state index contributed by atoms with van der Waals surface area (Å²) < 4.78 is -0.751. The molecule has 0 aromatic rings. The van der Waals surface area contributed by atoms with E-state index < -0.39 is 4.27 Å². The smallest absolute Gasteiger partial charge is 0.157 e. The highest BCUT2D eigenvalue weighted by molar-refractivity contribution is 8.21. The zero-order chi connectivity index (χ0) is 6.20. The van der Waals surface area contributed by atoms with Crippen molar-refractivity contribution in [3.8, 4) is 0 Å². The van der Waals surface area contributed by atoms with Gasteiger partial charge in [0, 0.05) is 5.75 Å². The molecule has 8 heavy (non-hydrogen) atoms. The Morgan fingerprint density at radius 2 is 2.38 bits per heavy atom. The van der Waals surface area contributed by atoms with Crippen LogP contribution in [0.25, 0.3) is 0 Å². The Balaban J connectivity index is 2.44. The van der Waals surface area contributed by atoms with E-state index in [0.29, 0.717) is 5.75 Å². The highest BCUT2D eigenvalue weighted by atomic mass is 32.2. The summed E-state index contributed by atoms with van der Waals surface area (Å²) in [6, 6.07) is 0. The lowest BCUT2D eigenvalue weighted by atomic mass is 10.9. The molecule has 2 atom stereocenters. The van der Waals surface area contributed by atoms with Crippen molar-refractivity contribution in [1.29, 1.82) is 0 Å². The fraction of sp³-hybridized carbons (Fsp3) is 1.00. The Morgan fingerprint density at radius 1 is 1.75 bits per heavy atom. The molecular formula is C4H8O2S2. The summed E-state index contributed by atoms with van der Waals surface area (Å²) in [5.41, 5.74) is -0.380. The second kappa shape index (κ2) is 2.10. The Labute approximate surface area is 56.7 Å². The lowest BCUT2D eigenvalue weighted by Crippen LogP contribution is -2.08. The number of rotatable bonds is 0. The summed E-state index contributed by atoms with van der Waals surface area (Å²) in [4.78, 5) is 0. The monoisotopic (exact) mass is 152 g/mol. The SMILES string of the molecule is CC1(O)SCC(O)S1. The van der Waals surface area contributed by atoms with Crippen molar-refractivity contribution < 1.29 is 10.2 Å². The number of aliphatic hydroxyl groups is 2. The van der Waals surface area contributed by atoms with Gasteiger partial charge in [0.2, 0.25) is 0 Å². The van der Waals surface area contributed by atoms with Gasteiger partial charge in [-0.3, -0.25) is 0 Å². The molecule has 0 aromatic carbocycles. The van der Waals surface area contributed by atoms with E-state index in [2.05, 4.69) is 0 Å². The van der Waals surface area contributed by atoms with Crippen LogP contribution in [0.2, 0.25) is 0 Å². The molecule has 48 valence electrons. The third-order valence-corrected chi connectivity index (χ3v) is 3.60. The zero-order valence-electron chi connectivity index (χ0n) is 4.50. The Morgan fingerprint density at radius 3 is 2.50 bits per heavy atom. The highest BCUT2D eigenvalue weighted by Crippen LogP contribution is 2.44. The van der Waals surface area contributed by atoms with E-state index in [1.54, 1.807) is 6.92 Å². The Kier molecular flexibility index (Phi) is 1.77.